The van der Waals surface area contributed by atoms with Gasteiger partial charge in [0, 0.05) is 11.1 Å². The van der Waals surface area contributed by atoms with Crippen molar-refractivity contribution in [2.24, 2.45) is 0 Å². The summed E-state index contributed by atoms with van der Waals surface area (Å²) in [6.45, 7) is 0. The highest BCUT2D eigenvalue weighted by Gasteiger charge is 2.18. The number of halogens is 1. The molecule has 1 aromatic rings. The van der Waals surface area contributed by atoms with Crippen molar-refractivity contribution in [3.8, 4) is 6.07 Å². The first kappa shape index (κ1) is 14.6. The molecule has 0 aromatic heterocycles. The molecule has 0 bridgehead atoms. The van der Waals surface area contributed by atoms with E-state index >= 15 is 0 Å². The third-order valence-corrected chi connectivity index (χ3v) is 3.85. The Morgan fingerprint density at radius 3 is 2.65 bits per heavy atom. The maximum Gasteiger partial charge on any atom is 0.262 e. The van der Waals surface area contributed by atoms with E-state index in [0.717, 1.165) is 25.7 Å². The molecule has 0 heterocycles. The van der Waals surface area contributed by atoms with Gasteiger partial charge in [0.25, 0.3) is 5.91 Å². The monoisotopic (exact) mass is 288 g/mol. The summed E-state index contributed by atoms with van der Waals surface area (Å²) in [4.78, 5) is 12.1. The molecular formula is C16H17ClN2O. The fourth-order valence-corrected chi connectivity index (χ4v) is 2.60. The molecule has 3 nitrogen and oxygen atoms in total. The number of rotatable bonds is 3. The van der Waals surface area contributed by atoms with Gasteiger partial charge in [0.05, 0.1) is 0 Å². The molecule has 1 aliphatic carbocycles. The van der Waals surface area contributed by atoms with E-state index in [2.05, 4.69) is 5.32 Å². The lowest BCUT2D eigenvalue weighted by molar-refractivity contribution is -0.117. The number of nitrogens with zero attached hydrogens (tertiary/aromatic N) is 1. The fraction of sp³-hybridized carbons (Fsp3) is 0.375. The van der Waals surface area contributed by atoms with E-state index < -0.39 is 0 Å². The van der Waals surface area contributed by atoms with Gasteiger partial charge in [-0.3, -0.25) is 4.79 Å². The summed E-state index contributed by atoms with van der Waals surface area (Å²) in [6.07, 6.45) is 7.04. The molecule has 20 heavy (non-hydrogen) atoms. The van der Waals surface area contributed by atoms with Crippen LogP contribution in [-0.4, -0.2) is 11.9 Å². The topological polar surface area (TPSA) is 52.9 Å². The van der Waals surface area contributed by atoms with Crippen LogP contribution in [0.15, 0.2) is 29.8 Å². The number of carbonyl (C=O) groups excluding carboxylic acids is 1. The van der Waals surface area contributed by atoms with Crippen molar-refractivity contribution >= 4 is 23.6 Å². The molecule has 1 fully saturated rings. The van der Waals surface area contributed by atoms with Crippen molar-refractivity contribution < 1.29 is 4.79 Å². The molecule has 0 saturated heterocycles. The van der Waals surface area contributed by atoms with Crippen LogP contribution in [0.1, 0.15) is 37.7 Å². The van der Waals surface area contributed by atoms with Gasteiger partial charge in [-0.1, -0.05) is 49.1 Å². The highest BCUT2D eigenvalue weighted by Crippen LogP contribution is 2.20. The van der Waals surface area contributed by atoms with Gasteiger partial charge >= 0.3 is 0 Å². The largest absolute Gasteiger partial charge is 0.349 e. The number of nitrogens with one attached hydrogen (secondary N) is 1. The summed E-state index contributed by atoms with van der Waals surface area (Å²) in [5.41, 5.74) is 0.785. The second-order valence-electron chi connectivity index (χ2n) is 5.00. The standard InChI is InChI=1S/C16H17ClN2O/c17-15-9-5-4-6-12(15)10-13(11-18)16(20)19-14-7-2-1-3-8-14/h4-6,9-10,14H,1-3,7-8H2,(H,19,20)/b13-10+. The maximum atomic E-state index is 12.1. The second-order valence-corrected chi connectivity index (χ2v) is 5.41. The molecule has 0 unspecified atom stereocenters. The molecule has 2 rings (SSSR count). The smallest absolute Gasteiger partial charge is 0.262 e. The molecule has 1 aromatic carbocycles. The molecule has 0 aliphatic heterocycles. The summed E-state index contributed by atoms with van der Waals surface area (Å²) in [7, 11) is 0. The molecule has 0 spiro atoms. The Morgan fingerprint density at radius 2 is 2.00 bits per heavy atom. The third kappa shape index (κ3) is 3.85. The van der Waals surface area contributed by atoms with Gasteiger partial charge in [0.1, 0.15) is 11.6 Å². The zero-order valence-corrected chi connectivity index (χ0v) is 12.0. The number of nitriles is 1. The molecule has 0 atom stereocenters. The number of carbonyl (C=O) groups is 1. The average Bonchev–Trinajstić information content (AvgIpc) is 2.47. The average molecular weight is 289 g/mol. The summed E-state index contributed by atoms with van der Waals surface area (Å²) in [5, 5.41) is 12.6. The Balaban J connectivity index is 2.09. The minimum atomic E-state index is -0.306. The lowest BCUT2D eigenvalue weighted by Crippen LogP contribution is -2.36. The van der Waals surface area contributed by atoms with Crippen molar-refractivity contribution in [3.05, 3.63) is 40.4 Å². The molecule has 0 radical (unpaired) electrons. The van der Waals surface area contributed by atoms with Gasteiger partial charge in [0.15, 0.2) is 0 Å². The van der Waals surface area contributed by atoms with Gasteiger partial charge in [-0.2, -0.15) is 5.26 Å². The van der Waals surface area contributed by atoms with Gasteiger partial charge in [-0.25, -0.2) is 0 Å². The zero-order valence-electron chi connectivity index (χ0n) is 11.2. The molecule has 4 heteroatoms. The summed E-state index contributed by atoms with van der Waals surface area (Å²) in [5.74, 6) is -0.306. The summed E-state index contributed by atoms with van der Waals surface area (Å²) in [6, 6.07) is 9.31. The van der Waals surface area contributed by atoms with Crippen LogP contribution in [0.25, 0.3) is 6.08 Å². The molecular weight excluding hydrogens is 272 g/mol. The van der Waals surface area contributed by atoms with Crippen molar-refractivity contribution in [2.75, 3.05) is 0 Å². The van der Waals surface area contributed by atoms with Gasteiger partial charge in [0.2, 0.25) is 0 Å². The molecule has 104 valence electrons. The normalized spacial score (nSPS) is 16.5. The van der Waals surface area contributed by atoms with Crippen LogP contribution in [0.4, 0.5) is 0 Å². The van der Waals surface area contributed by atoms with Gasteiger partial charge in [-0.05, 0) is 30.5 Å². The predicted molar refractivity (Wildman–Crippen MR) is 80.1 cm³/mol. The Kier molecular flexibility index (Phi) is 5.20. The second kappa shape index (κ2) is 7.12. The molecule has 1 amide bonds. The lowest BCUT2D eigenvalue weighted by atomic mass is 9.95. The van der Waals surface area contributed by atoms with Crippen LogP contribution >= 0.6 is 11.6 Å². The van der Waals surface area contributed by atoms with Crippen molar-refractivity contribution in [1.82, 2.24) is 5.32 Å². The number of hydrogen-bond donors (Lipinski definition) is 1. The van der Waals surface area contributed by atoms with Crippen LogP contribution in [-0.2, 0) is 4.79 Å². The van der Waals surface area contributed by atoms with Crippen LogP contribution < -0.4 is 5.32 Å². The minimum Gasteiger partial charge on any atom is -0.349 e. The fourth-order valence-electron chi connectivity index (χ4n) is 2.41. The lowest BCUT2D eigenvalue weighted by Gasteiger charge is -2.22. The van der Waals surface area contributed by atoms with E-state index in [1.54, 1.807) is 18.2 Å². The highest BCUT2D eigenvalue weighted by molar-refractivity contribution is 6.32. The van der Waals surface area contributed by atoms with E-state index in [1.165, 1.54) is 6.42 Å². The molecule has 1 aliphatic rings. The van der Waals surface area contributed by atoms with Crippen LogP contribution in [0.2, 0.25) is 5.02 Å². The van der Waals surface area contributed by atoms with Crippen LogP contribution in [0.3, 0.4) is 0 Å². The van der Waals surface area contributed by atoms with Crippen LogP contribution in [0, 0.1) is 11.3 Å². The summed E-state index contributed by atoms with van der Waals surface area (Å²) >= 11 is 6.04. The Morgan fingerprint density at radius 1 is 1.30 bits per heavy atom. The first-order chi connectivity index (χ1) is 9.70. The maximum absolute atomic E-state index is 12.1. The van der Waals surface area contributed by atoms with Crippen molar-refractivity contribution in [2.45, 2.75) is 38.1 Å². The van der Waals surface area contributed by atoms with Crippen molar-refractivity contribution in [3.63, 3.8) is 0 Å². The summed E-state index contributed by atoms with van der Waals surface area (Å²) < 4.78 is 0. The van der Waals surface area contributed by atoms with Gasteiger partial charge < -0.3 is 5.32 Å². The predicted octanol–water partition coefficient (Wildman–Crippen LogP) is 3.70. The van der Waals surface area contributed by atoms with Gasteiger partial charge in [-0.15, -0.1) is 0 Å². The Bertz CT molecular complexity index is 554. The van der Waals surface area contributed by atoms with E-state index in [0.29, 0.717) is 10.6 Å². The SMILES string of the molecule is N#C/C(=C\c1ccccc1Cl)C(=O)NC1CCCCC1. The highest BCUT2D eigenvalue weighted by atomic mass is 35.5. The molecule has 1 saturated carbocycles. The van der Waals surface area contributed by atoms with E-state index in [4.69, 9.17) is 16.9 Å². The number of amides is 1. The first-order valence-corrected chi connectivity index (χ1v) is 7.25. The van der Waals surface area contributed by atoms with E-state index in [9.17, 15) is 4.79 Å². The third-order valence-electron chi connectivity index (χ3n) is 3.51. The quantitative estimate of drug-likeness (QED) is 0.681. The van der Waals surface area contributed by atoms with E-state index in [1.807, 2.05) is 18.2 Å². The number of benzene rings is 1. The van der Waals surface area contributed by atoms with E-state index in [-0.39, 0.29) is 17.5 Å². The Hall–Kier alpha value is -1.79. The van der Waals surface area contributed by atoms with Crippen molar-refractivity contribution in [1.29, 1.82) is 5.26 Å². The van der Waals surface area contributed by atoms with Crippen LogP contribution in [0.5, 0.6) is 0 Å². The molecule has 1 N–H and O–H groups in total. The Labute approximate surface area is 124 Å². The first-order valence-electron chi connectivity index (χ1n) is 6.88. The number of hydrogen-bond acceptors (Lipinski definition) is 2. The minimum absolute atomic E-state index is 0.101. The zero-order chi connectivity index (χ0) is 14.4.